The summed E-state index contributed by atoms with van der Waals surface area (Å²) in [6, 6.07) is -0.569. The second-order valence-electron chi connectivity index (χ2n) is 5.75. The Morgan fingerprint density at radius 2 is 1.70 bits per heavy atom. The molecule has 1 fully saturated rings. The van der Waals surface area contributed by atoms with E-state index >= 15 is 0 Å². The van der Waals surface area contributed by atoms with Crippen LogP contribution in [0, 0.1) is 0 Å². The number of nitrogens with zero attached hydrogens (tertiary/aromatic N) is 2. The van der Waals surface area contributed by atoms with E-state index in [1.807, 2.05) is 32.6 Å². The third-order valence-electron chi connectivity index (χ3n) is 3.07. The van der Waals surface area contributed by atoms with Crippen molar-refractivity contribution in [2.75, 3.05) is 26.2 Å². The van der Waals surface area contributed by atoms with E-state index in [1.165, 1.54) is 0 Å². The Morgan fingerprint density at radius 3 is 2.05 bits per heavy atom. The maximum absolute atomic E-state index is 11.9. The number of carboxylic acid groups (broad SMARTS) is 1. The van der Waals surface area contributed by atoms with Gasteiger partial charge in [0.25, 0.3) is 0 Å². The Labute approximate surface area is 142 Å². The largest absolute Gasteiger partial charge is 1.00 e. The summed E-state index contributed by atoms with van der Waals surface area (Å²) in [5.74, 6) is -1.05. The van der Waals surface area contributed by atoms with E-state index in [-0.39, 0.29) is 35.7 Å². The quantitative estimate of drug-likeness (QED) is 0.521. The Hall–Kier alpha value is -0.300. The smallest absolute Gasteiger partial charge is 0.548 e. The normalized spacial score (nSPS) is 18.1. The molecule has 6 nitrogen and oxygen atoms in total. The third kappa shape index (κ3) is 5.99. The number of carbonyl (C=O) groups is 2. The van der Waals surface area contributed by atoms with Gasteiger partial charge in [0.2, 0.25) is 0 Å². The fourth-order valence-corrected chi connectivity index (χ4v) is 2.12. The Kier molecular flexibility index (Phi) is 8.09. The van der Waals surface area contributed by atoms with E-state index in [4.69, 9.17) is 4.74 Å². The zero-order valence-electron chi connectivity index (χ0n) is 13.1. The first-order valence-electron chi connectivity index (χ1n) is 6.67. The number of ether oxygens (including phenoxy) is 1. The summed E-state index contributed by atoms with van der Waals surface area (Å²) in [5, 5.41) is 11.0. The molecule has 0 saturated carbocycles. The van der Waals surface area contributed by atoms with Gasteiger partial charge in [0, 0.05) is 32.2 Å². The van der Waals surface area contributed by atoms with Gasteiger partial charge >= 0.3 is 35.7 Å². The van der Waals surface area contributed by atoms with E-state index < -0.39 is 17.6 Å². The molecule has 1 heterocycles. The number of aliphatic carboxylic acids is 1. The maximum Gasteiger partial charge on any atom is 1.00 e. The minimum atomic E-state index is -1.05. The van der Waals surface area contributed by atoms with Crippen LogP contribution in [0.1, 0.15) is 34.1 Å². The van der Waals surface area contributed by atoms with Gasteiger partial charge in [-0.15, -0.1) is 0 Å². The van der Waals surface area contributed by atoms with Crippen LogP contribution in [0.5, 0.6) is 0 Å². The molecule has 0 spiro atoms. The van der Waals surface area contributed by atoms with Gasteiger partial charge in [-0.25, -0.2) is 4.79 Å². The number of hydrogen-bond donors (Lipinski definition) is 0. The Bertz CT molecular complexity index is 336. The zero-order valence-corrected chi connectivity index (χ0v) is 15.1. The average molecular weight is 294 g/mol. The van der Waals surface area contributed by atoms with Crippen molar-refractivity contribution in [3.8, 4) is 0 Å². The molecular weight excluding hydrogens is 271 g/mol. The molecule has 1 unspecified atom stereocenters. The SMILES string of the molecule is CCC(C(=O)[O-])N1CCN(C(=O)OC(C)(C)C)CC1.[Na+]. The van der Waals surface area contributed by atoms with Crippen molar-refractivity contribution in [2.24, 2.45) is 0 Å². The summed E-state index contributed by atoms with van der Waals surface area (Å²) in [5.41, 5.74) is -0.509. The maximum atomic E-state index is 11.9. The van der Waals surface area contributed by atoms with Gasteiger partial charge < -0.3 is 19.5 Å². The summed E-state index contributed by atoms with van der Waals surface area (Å²) in [4.78, 5) is 26.3. The van der Waals surface area contributed by atoms with Crippen molar-refractivity contribution in [3.63, 3.8) is 0 Å². The molecule has 0 aromatic carbocycles. The first-order valence-corrected chi connectivity index (χ1v) is 6.67. The van der Waals surface area contributed by atoms with Crippen molar-refractivity contribution in [2.45, 2.75) is 45.8 Å². The van der Waals surface area contributed by atoms with Gasteiger partial charge in [0.15, 0.2) is 0 Å². The van der Waals surface area contributed by atoms with E-state index in [1.54, 1.807) is 4.90 Å². The molecule has 1 rings (SSSR count). The standard InChI is InChI=1S/C13H24N2O4.Na/c1-5-10(11(16)17)14-6-8-15(9-7-14)12(18)19-13(2,3)4;/h10H,5-9H2,1-4H3,(H,16,17);/q;+1/p-1. The van der Waals surface area contributed by atoms with Gasteiger partial charge in [-0.05, 0) is 27.2 Å². The predicted molar refractivity (Wildman–Crippen MR) is 68.5 cm³/mol. The second-order valence-corrected chi connectivity index (χ2v) is 5.75. The van der Waals surface area contributed by atoms with Crippen molar-refractivity contribution >= 4 is 12.1 Å². The molecular formula is C13H23N2NaO4. The number of carboxylic acids is 1. The van der Waals surface area contributed by atoms with Crippen molar-refractivity contribution in [1.29, 1.82) is 0 Å². The van der Waals surface area contributed by atoms with Crippen LogP contribution in [0.2, 0.25) is 0 Å². The molecule has 7 heteroatoms. The van der Waals surface area contributed by atoms with Crippen molar-refractivity contribution < 1.29 is 49.0 Å². The molecule has 0 aliphatic carbocycles. The van der Waals surface area contributed by atoms with E-state index in [0.717, 1.165) is 0 Å². The fourth-order valence-electron chi connectivity index (χ4n) is 2.12. The predicted octanol–water partition coefficient (Wildman–Crippen LogP) is -2.93. The Balaban J connectivity index is 0.00000361. The summed E-state index contributed by atoms with van der Waals surface area (Å²) in [7, 11) is 0. The van der Waals surface area contributed by atoms with Gasteiger partial charge in [0.1, 0.15) is 5.60 Å². The van der Waals surface area contributed by atoms with Crippen LogP contribution in [0.15, 0.2) is 0 Å². The molecule has 1 amide bonds. The number of hydrogen-bond acceptors (Lipinski definition) is 5. The molecule has 0 radical (unpaired) electrons. The molecule has 1 atom stereocenters. The van der Waals surface area contributed by atoms with Gasteiger partial charge in [-0.2, -0.15) is 0 Å². The minimum absolute atomic E-state index is 0. The van der Waals surface area contributed by atoms with Crippen LogP contribution in [0.25, 0.3) is 0 Å². The first kappa shape index (κ1) is 19.7. The number of amides is 1. The van der Waals surface area contributed by atoms with Gasteiger partial charge in [-0.1, -0.05) is 6.92 Å². The molecule has 0 aromatic rings. The fraction of sp³-hybridized carbons (Fsp3) is 0.846. The zero-order chi connectivity index (χ0) is 14.6. The molecule has 0 N–H and O–H groups in total. The minimum Gasteiger partial charge on any atom is -0.548 e. The molecule has 20 heavy (non-hydrogen) atoms. The van der Waals surface area contributed by atoms with E-state index in [2.05, 4.69) is 0 Å². The van der Waals surface area contributed by atoms with Crippen LogP contribution in [-0.2, 0) is 9.53 Å². The monoisotopic (exact) mass is 294 g/mol. The topological polar surface area (TPSA) is 72.9 Å². The number of rotatable bonds is 3. The first-order chi connectivity index (χ1) is 8.74. The van der Waals surface area contributed by atoms with Crippen LogP contribution < -0.4 is 34.7 Å². The molecule has 1 aliphatic rings. The summed E-state index contributed by atoms with van der Waals surface area (Å²) in [6.45, 7) is 9.33. The molecule has 0 aromatic heterocycles. The summed E-state index contributed by atoms with van der Waals surface area (Å²) >= 11 is 0. The van der Waals surface area contributed by atoms with E-state index in [9.17, 15) is 14.7 Å². The molecule has 1 saturated heterocycles. The summed E-state index contributed by atoms with van der Waals surface area (Å²) in [6.07, 6.45) is 0.169. The summed E-state index contributed by atoms with van der Waals surface area (Å²) < 4.78 is 5.29. The van der Waals surface area contributed by atoms with Crippen molar-refractivity contribution in [1.82, 2.24) is 9.80 Å². The van der Waals surface area contributed by atoms with Crippen molar-refractivity contribution in [3.05, 3.63) is 0 Å². The number of carbonyl (C=O) groups excluding carboxylic acids is 2. The van der Waals surface area contributed by atoms with Gasteiger partial charge in [-0.3, -0.25) is 4.90 Å². The second kappa shape index (κ2) is 8.22. The van der Waals surface area contributed by atoms with E-state index in [0.29, 0.717) is 32.6 Å². The third-order valence-corrected chi connectivity index (χ3v) is 3.07. The van der Waals surface area contributed by atoms with Crippen LogP contribution in [0.4, 0.5) is 4.79 Å². The average Bonchev–Trinajstić information content (AvgIpc) is 2.28. The Morgan fingerprint density at radius 1 is 1.20 bits per heavy atom. The van der Waals surface area contributed by atoms with Crippen LogP contribution in [0.3, 0.4) is 0 Å². The molecule has 0 bridgehead atoms. The van der Waals surface area contributed by atoms with Crippen LogP contribution in [-0.4, -0.2) is 59.7 Å². The van der Waals surface area contributed by atoms with Gasteiger partial charge in [0.05, 0.1) is 5.97 Å². The van der Waals surface area contributed by atoms with Crippen LogP contribution >= 0.6 is 0 Å². The molecule has 1 aliphatic heterocycles. The molecule has 110 valence electrons. The number of piperazine rings is 1.